The zero-order chi connectivity index (χ0) is 17.5. The standard InChI is InChI=1S/C19H17N3O2/c1-13(17-5-3-4-6-18(17)24-2)9-19(23)22-16-8-7-14(11-20)15(10-16)12-21/h3-8,10,13H,9H2,1-2H3,(H,22,23)/t13-/m0/s1. The minimum Gasteiger partial charge on any atom is -0.496 e. The van der Waals surface area contributed by atoms with E-state index in [1.54, 1.807) is 13.2 Å². The lowest BCUT2D eigenvalue weighted by molar-refractivity contribution is -0.116. The molecular weight excluding hydrogens is 302 g/mol. The molecule has 0 radical (unpaired) electrons. The highest BCUT2D eigenvalue weighted by molar-refractivity contribution is 5.91. The molecule has 1 atom stereocenters. The Morgan fingerprint density at radius 3 is 2.54 bits per heavy atom. The number of carbonyl (C=O) groups is 1. The summed E-state index contributed by atoms with van der Waals surface area (Å²) in [6, 6.07) is 16.1. The minimum atomic E-state index is -0.165. The summed E-state index contributed by atoms with van der Waals surface area (Å²) in [5, 5.41) is 20.7. The molecule has 0 aliphatic rings. The summed E-state index contributed by atoms with van der Waals surface area (Å²) in [5.41, 5.74) is 2.00. The van der Waals surface area contributed by atoms with Gasteiger partial charge >= 0.3 is 0 Å². The number of hydrogen-bond acceptors (Lipinski definition) is 4. The zero-order valence-electron chi connectivity index (χ0n) is 13.5. The van der Waals surface area contributed by atoms with Crippen molar-refractivity contribution in [2.24, 2.45) is 0 Å². The molecule has 0 spiro atoms. The molecular formula is C19H17N3O2. The summed E-state index contributed by atoms with van der Waals surface area (Å²) in [6.45, 7) is 1.96. The average molecular weight is 319 g/mol. The summed E-state index contributed by atoms with van der Waals surface area (Å²) >= 11 is 0. The van der Waals surface area contributed by atoms with Gasteiger partial charge in [0.25, 0.3) is 0 Å². The SMILES string of the molecule is COc1ccccc1[C@@H](C)CC(=O)Nc1ccc(C#N)c(C#N)c1. The van der Waals surface area contributed by atoms with Gasteiger partial charge in [0, 0.05) is 12.1 Å². The highest BCUT2D eigenvalue weighted by Crippen LogP contribution is 2.28. The number of benzene rings is 2. The second kappa shape index (κ2) is 7.80. The van der Waals surface area contributed by atoms with Crippen LogP contribution in [-0.4, -0.2) is 13.0 Å². The number of methoxy groups -OCH3 is 1. The molecule has 0 fully saturated rings. The summed E-state index contributed by atoms with van der Waals surface area (Å²) < 4.78 is 5.32. The molecule has 0 aromatic heterocycles. The minimum absolute atomic E-state index is 0.0185. The fraction of sp³-hybridized carbons (Fsp3) is 0.211. The van der Waals surface area contributed by atoms with Crippen LogP contribution in [0, 0.1) is 22.7 Å². The Bertz CT molecular complexity index is 831. The van der Waals surface area contributed by atoms with Gasteiger partial charge in [-0.25, -0.2) is 0 Å². The number of nitriles is 2. The molecule has 2 rings (SSSR count). The molecule has 2 aromatic carbocycles. The molecule has 0 unspecified atom stereocenters. The van der Waals surface area contributed by atoms with E-state index in [4.69, 9.17) is 15.3 Å². The number of carbonyl (C=O) groups excluding carboxylic acids is 1. The summed E-state index contributed by atoms with van der Waals surface area (Å²) in [6.07, 6.45) is 0.280. The third-order valence-electron chi connectivity index (χ3n) is 3.71. The highest BCUT2D eigenvalue weighted by Gasteiger charge is 2.15. The average Bonchev–Trinajstić information content (AvgIpc) is 2.61. The van der Waals surface area contributed by atoms with E-state index < -0.39 is 0 Å². The fourth-order valence-electron chi connectivity index (χ4n) is 2.49. The smallest absolute Gasteiger partial charge is 0.224 e. The van der Waals surface area contributed by atoms with Crippen LogP contribution in [0.25, 0.3) is 0 Å². The van der Waals surface area contributed by atoms with E-state index in [9.17, 15) is 4.79 Å². The number of rotatable bonds is 5. The first-order valence-corrected chi connectivity index (χ1v) is 7.46. The van der Waals surface area contributed by atoms with Crippen molar-refractivity contribution in [3.63, 3.8) is 0 Å². The Morgan fingerprint density at radius 2 is 1.88 bits per heavy atom. The molecule has 0 heterocycles. The van der Waals surface area contributed by atoms with Gasteiger partial charge in [0.1, 0.15) is 17.9 Å². The second-order valence-electron chi connectivity index (χ2n) is 5.38. The summed E-state index contributed by atoms with van der Waals surface area (Å²) in [7, 11) is 1.60. The van der Waals surface area contributed by atoms with Crippen molar-refractivity contribution in [1.29, 1.82) is 10.5 Å². The fourth-order valence-corrected chi connectivity index (χ4v) is 2.49. The van der Waals surface area contributed by atoms with E-state index >= 15 is 0 Å². The molecule has 0 saturated heterocycles. The van der Waals surface area contributed by atoms with Crippen molar-refractivity contribution in [1.82, 2.24) is 0 Å². The summed E-state index contributed by atoms with van der Waals surface area (Å²) in [5.74, 6) is 0.569. The van der Waals surface area contributed by atoms with Crippen LogP contribution < -0.4 is 10.1 Å². The van der Waals surface area contributed by atoms with Gasteiger partial charge in [-0.2, -0.15) is 10.5 Å². The lowest BCUT2D eigenvalue weighted by Crippen LogP contribution is -2.15. The van der Waals surface area contributed by atoms with Crippen molar-refractivity contribution in [2.45, 2.75) is 19.3 Å². The van der Waals surface area contributed by atoms with Crippen molar-refractivity contribution < 1.29 is 9.53 Å². The number of nitrogens with one attached hydrogen (secondary N) is 1. The molecule has 0 saturated carbocycles. The topological polar surface area (TPSA) is 85.9 Å². The monoisotopic (exact) mass is 319 g/mol. The van der Waals surface area contributed by atoms with Gasteiger partial charge in [-0.3, -0.25) is 4.79 Å². The molecule has 5 nitrogen and oxygen atoms in total. The lowest BCUT2D eigenvalue weighted by atomic mass is 9.96. The van der Waals surface area contributed by atoms with Gasteiger partial charge < -0.3 is 10.1 Å². The number of hydrogen-bond donors (Lipinski definition) is 1. The van der Waals surface area contributed by atoms with Crippen LogP contribution in [0.15, 0.2) is 42.5 Å². The normalized spacial score (nSPS) is 11.0. The maximum absolute atomic E-state index is 12.3. The van der Waals surface area contributed by atoms with E-state index in [2.05, 4.69) is 5.32 Å². The number of para-hydroxylation sites is 1. The Hall–Kier alpha value is -3.31. The Kier molecular flexibility index (Phi) is 5.54. The summed E-state index contributed by atoms with van der Waals surface area (Å²) in [4.78, 5) is 12.3. The van der Waals surface area contributed by atoms with E-state index in [0.717, 1.165) is 11.3 Å². The van der Waals surface area contributed by atoms with Crippen molar-refractivity contribution in [3.8, 4) is 17.9 Å². The van der Waals surface area contributed by atoms with Crippen LogP contribution in [0.5, 0.6) is 5.75 Å². The van der Waals surface area contributed by atoms with Crippen molar-refractivity contribution in [2.75, 3.05) is 12.4 Å². The number of nitrogens with zero attached hydrogens (tertiary/aromatic N) is 2. The van der Waals surface area contributed by atoms with Crippen molar-refractivity contribution >= 4 is 11.6 Å². The Labute approximate surface area is 141 Å². The van der Waals surface area contributed by atoms with Crippen LogP contribution in [0.3, 0.4) is 0 Å². The van der Waals surface area contributed by atoms with E-state index in [-0.39, 0.29) is 29.4 Å². The van der Waals surface area contributed by atoms with Gasteiger partial charge in [0.05, 0.1) is 18.2 Å². The first-order valence-electron chi connectivity index (χ1n) is 7.46. The molecule has 0 aliphatic heterocycles. The highest BCUT2D eigenvalue weighted by atomic mass is 16.5. The van der Waals surface area contributed by atoms with Gasteiger partial charge in [-0.15, -0.1) is 0 Å². The van der Waals surface area contributed by atoms with Crippen LogP contribution in [-0.2, 0) is 4.79 Å². The number of amides is 1. The van der Waals surface area contributed by atoms with Gasteiger partial charge in [0.15, 0.2) is 0 Å². The molecule has 1 amide bonds. The quantitative estimate of drug-likeness (QED) is 0.912. The van der Waals surface area contributed by atoms with E-state index in [1.165, 1.54) is 12.1 Å². The molecule has 120 valence electrons. The third kappa shape index (κ3) is 3.91. The maximum Gasteiger partial charge on any atom is 0.224 e. The molecule has 1 N–H and O–H groups in total. The van der Waals surface area contributed by atoms with Crippen LogP contribution in [0.1, 0.15) is 36.0 Å². The van der Waals surface area contributed by atoms with Crippen molar-refractivity contribution in [3.05, 3.63) is 59.2 Å². The van der Waals surface area contributed by atoms with Crippen LogP contribution >= 0.6 is 0 Å². The third-order valence-corrected chi connectivity index (χ3v) is 3.71. The van der Waals surface area contributed by atoms with Gasteiger partial charge in [-0.05, 0) is 35.7 Å². The molecule has 0 aliphatic carbocycles. The lowest BCUT2D eigenvalue weighted by Gasteiger charge is -2.15. The molecule has 5 heteroatoms. The second-order valence-corrected chi connectivity index (χ2v) is 5.38. The predicted molar refractivity (Wildman–Crippen MR) is 90.5 cm³/mol. The number of ether oxygens (including phenoxy) is 1. The first kappa shape index (κ1) is 17.1. The van der Waals surface area contributed by atoms with E-state index in [1.807, 2.05) is 43.3 Å². The molecule has 0 bridgehead atoms. The number of anilines is 1. The van der Waals surface area contributed by atoms with Crippen LogP contribution in [0.2, 0.25) is 0 Å². The Balaban J connectivity index is 2.08. The molecule has 24 heavy (non-hydrogen) atoms. The predicted octanol–water partition coefficient (Wildman–Crippen LogP) is 3.57. The van der Waals surface area contributed by atoms with Crippen LogP contribution in [0.4, 0.5) is 5.69 Å². The van der Waals surface area contributed by atoms with Gasteiger partial charge in [-0.1, -0.05) is 25.1 Å². The van der Waals surface area contributed by atoms with Gasteiger partial charge in [0.2, 0.25) is 5.91 Å². The molecule has 2 aromatic rings. The first-order chi connectivity index (χ1) is 11.6. The Morgan fingerprint density at radius 1 is 1.17 bits per heavy atom. The largest absolute Gasteiger partial charge is 0.496 e. The van der Waals surface area contributed by atoms with E-state index in [0.29, 0.717) is 5.69 Å². The zero-order valence-corrected chi connectivity index (χ0v) is 13.5. The maximum atomic E-state index is 12.3.